The zero-order valence-electron chi connectivity index (χ0n) is 10.2. The Morgan fingerprint density at radius 2 is 1.74 bits per heavy atom. The number of halogens is 1. The Morgan fingerprint density at radius 1 is 1.00 bits per heavy atom. The van der Waals surface area contributed by atoms with Gasteiger partial charge < -0.3 is 9.84 Å². The van der Waals surface area contributed by atoms with Crippen molar-refractivity contribution in [2.75, 3.05) is 0 Å². The molecule has 96 valence electrons. The molecule has 19 heavy (non-hydrogen) atoms. The number of hydrogen-bond acceptors (Lipinski definition) is 2. The van der Waals surface area contributed by atoms with Crippen LogP contribution in [0, 0.1) is 3.57 Å². The molecule has 1 N–H and O–H groups in total. The van der Waals surface area contributed by atoms with Crippen LogP contribution in [0.25, 0.3) is 6.08 Å². The van der Waals surface area contributed by atoms with Gasteiger partial charge in [-0.2, -0.15) is 0 Å². The minimum atomic E-state index is -0.625. The van der Waals surface area contributed by atoms with Gasteiger partial charge in [-0.1, -0.05) is 30.3 Å². The predicted molar refractivity (Wildman–Crippen MR) is 84.0 cm³/mol. The van der Waals surface area contributed by atoms with Crippen LogP contribution in [-0.2, 0) is 0 Å². The molecule has 0 radical (unpaired) electrons. The molecule has 1 aliphatic carbocycles. The monoisotopic (exact) mass is 364 g/mol. The SMILES string of the molecule is OC1c2ccccc2C=C[C@@H]1Oc1ccc(I)cc1. The molecule has 0 aromatic heterocycles. The second-order valence-corrected chi connectivity index (χ2v) is 5.71. The molecule has 2 atom stereocenters. The average Bonchev–Trinajstić information content (AvgIpc) is 2.45. The van der Waals surface area contributed by atoms with Crippen molar-refractivity contribution in [3.8, 4) is 5.75 Å². The van der Waals surface area contributed by atoms with Crippen LogP contribution < -0.4 is 4.74 Å². The van der Waals surface area contributed by atoms with E-state index in [0.29, 0.717) is 0 Å². The van der Waals surface area contributed by atoms with E-state index in [9.17, 15) is 5.11 Å². The summed E-state index contributed by atoms with van der Waals surface area (Å²) < 4.78 is 7.00. The predicted octanol–water partition coefficient (Wildman–Crippen LogP) is 3.80. The van der Waals surface area contributed by atoms with Crippen molar-refractivity contribution < 1.29 is 9.84 Å². The summed E-state index contributed by atoms with van der Waals surface area (Å²) in [5.41, 5.74) is 1.97. The lowest BCUT2D eigenvalue weighted by molar-refractivity contribution is 0.0623. The Morgan fingerprint density at radius 3 is 2.53 bits per heavy atom. The van der Waals surface area contributed by atoms with Gasteiger partial charge in [-0.05, 0) is 64.1 Å². The van der Waals surface area contributed by atoms with Gasteiger partial charge in [-0.3, -0.25) is 0 Å². The molecule has 0 saturated carbocycles. The molecule has 2 nitrogen and oxygen atoms in total. The summed E-state index contributed by atoms with van der Waals surface area (Å²) in [7, 11) is 0. The highest BCUT2D eigenvalue weighted by Crippen LogP contribution is 2.30. The molecule has 0 aliphatic heterocycles. The van der Waals surface area contributed by atoms with Crippen LogP contribution in [0.4, 0.5) is 0 Å². The zero-order chi connectivity index (χ0) is 13.2. The van der Waals surface area contributed by atoms with E-state index in [0.717, 1.165) is 20.4 Å². The number of aliphatic hydroxyl groups excluding tert-OH is 1. The van der Waals surface area contributed by atoms with Gasteiger partial charge in [0.1, 0.15) is 18.0 Å². The minimum Gasteiger partial charge on any atom is -0.483 e. The topological polar surface area (TPSA) is 29.5 Å². The van der Waals surface area contributed by atoms with Crippen LogP contribution in [0.1, 0.15) is 17.2 Å². The van der Waals surface area contributed by atoms with Crippen LogP contribution in [0.2, 0.25) is 0 Å². The molecule has 2 aromatic carbocycles. The van der Waals surface area contributed by atoms with E-state index in [1.807, 2.05) is 60.7 Å². The van der Waals surface area contributed by atoms with Gasteiger partial charge >= 0.3 is 0 Å². The number of aliphatic hydroxyl groups is 1. The summed E-state index contributed by atoms with van der Waals surface area (Å²) >= 11 is 2.25. The molecule has 3 heteroatoms. The minimum absolute atomic E-state index is 0.338. The van der Waals surface area contributed by atoms with Gasteiger partial charge in [0.05, 0.1) is 0 Å². The zero-order valence-corrected chi connectivity index (χ0v) is 12.3. The lowest BCUT2D eigenvalue weighted by Crippen LogP contribution is -2.25. The highest BCUT2D eigenvalue weighted by molar-refractivity contribution is 14.1. The number of ether oxygens (including phenoxy) is 1. The van der Waals surface area contributed by atoms with Crippen LogP contribution in [0.15, 0.2) is 54.6 Å². The molecular weight excluding hydrogens is 351 g/mol. The van der Waals surface area contributed by atoms with Crippen LogP contribution in [0.5, 0.6) is 5.75 Å². The van der Waals surface area contributed by atoms with E-state index in [1.54, 1.807) is 0 Å². The molecule has 0 heterocycles. The fraction of sp³-hybridized carbons (Fsp3) is 0.125. The second-order valence-electron chi connectivity index (χ2n) is 4.47. The third-order valence-corrected chi connectivity index (χ3v) is 3.90. The summed E-state index contributed by atoms with van der Waals surface area (Å²) in [6, 6.07) is 15.7. The highest BCUT2D eigenvalue weighted by Gasteiger charge is 2.25. The largest absolute Gasteiger partial charge is 0.483 e. The maximum absolute atomic E-state index is 10.4. The van der Waals surface area contributed by atoms with Crippen molar-refractivity contribution in [2.45, 2.75) is 12.2 Å². The van der Waals surface area contributed by atoms with Gasteiger partial charge in [-0.25, -0.2) is 0 Å². The lowest BCUT2D eigenvalue weighted by atomic mass is 9.93. The maximum Gasteiger partial charge on any atom is 0.147 e. The molecule has 2 aromatic rings. The summed E-state index contributed by atoms with van der Waals surface area (Å²) in [4.78, 5) is 0. The number of fused-ring (bicyclic) bond motifs is 1. The maximum atomic E-state index is 10.4. The molecule has 3 rings (SSSR count). The third kappa shape index (κ3) is 2.67. The fourth-order valence-corrected chi connectivity index (χ4v) is 2.55. The smallest absolute Gasteiger partial charge is 0.147 e. The summed E-state index contributed by atoms with van der Waals surface area (Å²) in [5.74, 6) is 0.772. The standard InChI is InChI=1S/C16H13IO2/c17-12-6-8-13(9-7-12)19-15-10-5-11-3-1-2-4-14(11)16(15)18/h1-10,15-16,18H/t15-,16?/m0/s1. The molecule has 1 unspecified atom stereocenters. The van der Waals surface area contributed by atoms with Crippen molar-refractivity contribution in [1.82, 2.24) is 0 Å². The van der Waals surface area contributed by atoms with Crippen molar-refractivity contribution >= 4 is 28.7 Å². The summed E-state index contributed by atoms with van der Waals surface area (Å²) in [6.45, 7) is 0. The second kappa shape index (κ2) is 5.35. The van der Waals surface area contributed by atoms with Crippen molar-refractivity contribution in [3.63, 3.8) is 0 Å². The van der Waals surface area contributed by atoms with Gasteiger partial charge in [-0.15, -0.1) is 0 Å². The Bertz CT molecular complexity index is 604. The first kappa shape index (κ1) is 12.7. The first-order valence-electron chi connectivity index (χ1n) is 6.11. The Labute approximate surface area is 125 Å². The first-order chi connectivity index (χ1) is 9.24. The van der Waals surface area contributed by atoms with E-state index in [-0.39, 0.29) is 6.10 Å². The molecule has 0 saturated heterocycles. The summed E-state index contributed by atoms with van der Waals surface area (Å²) in [6.07, 6.45) is 2.94. The quantitative estimate of drug-likeness (QED) is 0.822. The number of benzene rings is 2. The molecule has 0 amide bonds. The lowest BCUT2D eigenvalue weighted by Gasteiger charge is -2.26. The Kier molecular flexibility index (Phi) is 3.57. The van der Waals surface area contributed by atoms with Gasteiger partial charge in [0.15, 0.2) is 0 Å². The van der Waals surface area contributed by atoms with Crippen molar-refractivity contribution in [1.29, 1.82) is 0 Å². The van der Waals surface area contributed by atoms with E-state index in [4.69, 9.17) is 4.74 Å². The first-order valence-corrected chi connectivity index (χ1v) is 7.19. The molecular formula is C16H13IO2. The van der Waals surface area contributed by atoms with Crippen LogP contribution in [-0.4, -0.2) is 11.2 Å². The molecule has 1 aliphatic rings. The van der Waals surface area contributed by atoms with Gasteiger partial charge in [0.25, 0.3) is 0 Å². The van der Waals surface area contributed by atoms with E-state index in [2.05, 4.69) is 22.6 Å². The molecule has 0 fully saturated rings. The van der Waals surface area contributed by atoms with Crippen LogP contribution >= 0.6 is 22.6 Å². The fourth-order valence-electron chi connectivity index (χ4n) is 2.19. The van der Waals surface area contributed by atoms with E-state index < -0.39 is 6.10 Å². The molecule has 0 bridgehead atoms. The Balaban J connectivity index is 1.83. The molecule has 0 spiro atoms. The van der Waals surface area contributed by atoms with E-state index >= 15 is 0 Å². The van der Waals surface area contributed by atoms with E-state index in [1.165, 1.54) is 0 Å². The van der Waals surface area contributed by atoms with Crippen molar-refractivity contribution in [2.24, 2.45) is 0 Å². The normalized spacial score (nSPS) is 20.9. The van der Waals surface area contributed by atoms with Crippen LogP contribution in [0.3, 0.4) is 0 Å². The highest BCUT2D eigenvalue weighted by atomic mass is 127. The number of rotatable bonds is 2. The number of hydrogen-bond donors (Lipinski definition) is 1. The van der Waals surface area contributed by atoms with Gasteiger partial charge in [0.2, 0.25) is 0 Å². The van der Waals surface area contributed by atoms with Crippen molar-refractivity contribution in [3.05, 3.63) is 69.3 Å². The third-order valence-electron chi connectivity index (χ3n) is 3.18. The average molecular weight is 364 g/mol. The summed E-state index contributed by atoms with van der Waals surface area (Å²) in [5, 5.41) is 10.4. The Hall–Kier alpha value is -1.33. The van der Waals surface area contributed by atoms with Gasteiger partial charge in [0, 0.05) is 3.57 Å².